The van der Waals surface area contributed by atoms with Gasteiger partial charge < -0.3 is 5.73 Å². The molecule has 0 heterocycles. The fourth-order valence-electron chi connectivity index (χ4n) is 2.70. The first-order valence-corrected chi connectivity index (χ1v) is 10.3. The van der Waals surface area contributed by atoms with Gasteiger partial charge in [-0.25, -0.2) is 0 Å². The summed E-state index contributed by atoms with van der Waals surface area (Å²) in [6.45, 7) is 7.98. The van der Waals surface area contributed by atoms with Crippen molar-refractivity contribution >= 4 is 43.2 Å². The number of nitrogens with zero attached hydrogens (tertiary/aromatic N) is 1. The van der Waals surface area contributed by atoms with Gasteiger partial charge in [0.25, 0.3) is 5.69 Å². The molecule has 0 bridgehead atoms. The van der Waals surface area contributed by atoms with Crippen molar-refractivity contribution in [2.24, 2.45) is 0 Å². The first-order chi connectivity index (χ1) is 12.2. The van der Waals surface area contributed by atoms with Gasteiger partial charge in [-0.05, 0) is 49.9 Å². The van der Waals surface area contributed by atoms with Crippen molar-refractivity contribution in [2.75, 3.05) is 5.73 Å². The SMILES string of the molecule is C.CCCc1ccc(Br)c(C)c1N.CCCc1ccc(Br)c(C)c1[N+](=O)[O-]. The van der Waals surface area contributed by atoms with Crippen molar-refractivity contribution in [3.05, 3.63) is 65.6 Å². The fraction of sp³-hybridized carbons (Fsp3) is 0.429. The number of halogens is 2. The van der Waals surface area contributed by atoms with E-state index in [0.29, 0.717) is 5.56 Å². The molecule has 27 heavy (non-hydrogen) atoms. The molecular weight excluding hydrogens is 472 g/mol. The van der Waals surface area contributed by atoms with Gasteiger partial charge in [-0.1, -0.05) is 78.1 Å². The van der Waals surface area contributed by atoms with Crippen molar-refractivity contribution < 1.29 is 4.92 Å². The van der Waals surface area contributed by atoms with Gasteiger partial charge in [-0.3, -0.25) is 10.1 Å². The van der Waals surface area contributed by atoms with Crippen LogP contribution in [0, 0.1) is 24.0 Å². The Morgan fingerprint density at radius 2 is 1.37 bits per heavy atom. The predicted octanol–water partition coefficient (Wildman–Crippen LogP) is 7.55. The molecule has 0 atom stereocenters. The highest BCUT2D eigenvalue weighted by Crippen LogP contribution is 2.30. The molecule has 2 N–H and O–H groups in total. The summed E-state index contributed by atoms with van der Waals surface area (Å²) in [5.41, 5.74) is 11.1. The van der Waals surface area contributed by atoms with E-state index in [-0.39, 0.29) is 18.0 Å². The molecule has 4 nitrogen and oxygen atoms in total. The average molecular weight is 502 g/mol. The van der Waals surface area contributed by atoms with Crippen LogP contribution in [0.3, 0.4) is 0 Å². The number of rotatable bonds is 5. The van der Waals surface area contributed by atoms with Gasteiger partial charge in [0.15, 0.2) is 0 Å². The molecule has 0 saturated carbocycles. The average Bonchev–Trinajstić information content (AvgIpc) is 2.59. The molecule has 0 fully saturated rings. The third-order valence-corrected chi connectivity index (χ3v) is 5.93. The molecule has 0 amide bonds. The van der Waals surface area contributed by atoms with Crippen molar-refractivity contribution in [1.82, 2.24) is 0 Å². The van der Waals surface area contributed by atoms with Crippen LogP contribution in [0.4, 0.5) is 11.4 Å². The van der Waals surface area contributed by atoms with E-state index in [1.165, 1.54) is 5.56 Å². The molecular formula is C21H30Br2N2O2. The van der Waals surface area contributed by atoms with Crippen LogP contribution in [-0.2, 0) is 12.8 Å². The first-order valence-electron chi connectivity index (χ1n) is 8.70. The number of nitro benzene ring substituents is 1. The lowest BCUT2D eigenvalue weighted by Gasteiger charge is -2.08. The lowest BCUT2D eigenvalue weighted by molar-refractivity contribution is -0.386. The third kappa shape index (κ3) is 6.92. The predicted molar refractivity (Wildman–Crippen MR) is 124 cm³/mol. The van der Waals surface area contributed by atoms with E-state index < -0.39 is 0 Å². The smallest absolute Gasteiger partial charge is 0.276 e. The normalized spacial score (nSPS) is 9.85. The Morgan fingerprint density at radius 3 is 1.85 bits per heavy atom. The Labute approximate surface area is 180 Å². The molecule has 0 unspecified atom stereocenters. The fourth-order valence-corrected chi connectivity index (χ4v) is 3.37. The largest absolute Gasteiger partial charge is 0.398 e. The quantitative estimate of drug-likeness (QED) is 0.261. The summed E-state index contributed by atoms with van der Waals surface area (Å²) in [6.07, 6.45) is 3.89. The summed E-state index contributed by atoms with van der Waals surface area (Å²) >= 11 is 6.75. The maximum absolute atomic E-state index is 10.9. The van der Waals surface area contributed by atoms with Crippen molar-refractivity contribution in [2.45, 2.75) is 60.8 Å². The number of nitrogen functional groups attached to an aromatic ring is 1. The lowest BCUT2D eigenvalue weighted by atomic mass is 10.0. The molecule has 0 aliphatic heterocycles. The van der Waals surface area contributed by atoms with E-state index in [1.54, 1.807) is 6.92 Å². The molecule has 6 heteroatoms. The van der Waals surface area contributed by atoms with Gasteiger partial charge in [-0.2, -0.15) is 0 Å². The zero-order valence-corrected chi connectivity index (χ0v) is 18.9. The third-order valence-electron chi connectivity index (χ3n) is 4.21. The van der Waals surface area contributed by atoms with Crippen LogP contribution < -0.4 is 5.73 Å². The number of aryl methyl sites for hydroxylation is 2. The summed E-state index contributed by atoms with van der Waals surface area (Å²) < 4.78 is 1.89. The summed E-state index contributed by atoms with van der Waals surface area (Å²) in [4.78, 5) is 10.6. The van der Waals surface area contributed by atoms with Crippen molar-refractivity contribution in [1.29, 1.82) is 0 Å². The Morgan fingerprint density at radius 1 is 0.926 bits per heavy atom. The second-order valence-corrected chi connectivity index (χ2v) is 7.89. The Balaban J connectivity index is 0.000000488. The lowest BCUT2D eigenvalue weighted by Crippen LogP contribution is -1.98. The number of nitro groups is 1. The van der Waals surface area contributed by atoms with E-state index >= 15 is 0 Å². The molecule has 0 radical (unpaired) electrons. The molecule has 0 saturated heterocycles. The zero-order valence-electron chi connectivity index (χ0n) is 15.7. The molecule has 150 valence electrons. The number of nitrogens with two attached hydrogens (primary N) is 1. The van der Waals surface area contributed by atoms with Crippen molar-refractivity contribution in [3.8, 4) is 0 Å². The van der Waals surface area contributed by atoms with Gasteiger partial charge in [0, 0.05) is 25.8 Å². The Bertz CT molecular complexity index is 777. The highest BCUT2D eigenvalue weighted by atomic mass is 79.9. The molecule has 2 aromatic carbocycles. The number of anilines is 1. The number of hydrogen-bond acceptors (Lipinski definition) is 3. The van der Waals surface area contributed by atoms with Crippen molar-refractivity contribution in [3.63, 3.8) is 0 Å². The highest BCUT2D eigenvalue weighted by Gasteiger charge is 2.18. The van der Waals surface area contributed by atoms with Crippen LogP contribution >= 0.6 is 31.9 Å². The number of hydrogen-bond donors (Lipinski definition) is 1. The minimum absolute atomic E-state index is 0. The zero-order chi connectivity index (χ0) is 19.9. The summed E-state index contributed by atoms with van der Waals surface area (Å²) in [5.74, 6) is 0. The molecule has 0 aliphatic carbocycles. The minimum Gasteiger partial charge on any atom is -0.398 e. The molecule has 0 aromatic heterocycles. The molecule has 0 aliphatic rings. The van der Waals surface area contributed by atoms with Gasteiger partial charge in [0.1, 0.15) is 0 Å². The second kappa shape index (κ2) is 12.1. The maximum Gasteiger partial charge on any atom is 0.276 e. The van der Waals surface area contributed by atoms with Gasteiger partial charge in [-0.15, -0.1) is 0 Å². The molecule has 0 spiro atoms. The van der Waals surface area contributed by atoms with E-state index in [0.717, 1.165) is 51.4 Å². The van der Waals surface area contributed by atoms with E-state index in [9.17, 15) is 10.1 Å². The minimum atomic E-state index is -0.301. The van der Waals surface area contributed by atoms with E-state index in [4.69, 9.17) is 5.73 Å². The maximum atomic E-state index is 10.9. The number of benzene rings is 2. The van der Waals surface area contributed by atoms with E-state index in [1.807, 2.05) is 26.0 Å². The standard InChI is InChI=1S/C10H12BrNO2.C10H14BrN.CH4/c1-3-4-8-5-6-9(11)7(2)10(8)12(13)14;1-3-4-8-5-6-9(11)7(2)10(8)12;/h5-6H,3-4H2,1-2H3;5-6H,3-4,12H2,1-2H3;1H4. The van der Waals surface area contributed by atoms with Gasteiger partial charge >= 0.3 is 0 Å². The second-order valence-electron chi connectivity index (χ2n) is 6.18. The molecule has 2 rings (SSSR count). The summed E-state index contributed by atoms with van der Waals surface area (Å²) in [6, 6.07) is 7.85. The highest BCUT2D eigenvalue weighted by molar-refractivity contribution is 9.10. The monoisotopic (exact) mass is 500 g/mol. The Kier molecular flexibility index (Phi) is 11.5. The van der Waals surface area contributed by atoms with Gasteiger partial charge in [0.2, 0.25) is 0 Å². The topological polar surface area (TPSA) is 69.2 Å². The van der Waals surface area contributed by atoms with E-state index in [2.05, 4.69) is 50.9 Å². The first kappa shape index (κ1) is 25.6. The van der Waals surface area contributed by atoms with Crippen LogP contribution in [0.25, 0.3) is 0 Å². The summed E-state index contributed by atoms with van der Waals surface area (Å²) in [7, 11) is 0. The van der Waals surface area contributed by atoms with Gasteiger partial charge in [0.05, 0.1) is 4.92 Å². The summed E-state index contributed by atoms with van der Waals surface area (Å²) in [5, 5.41) is 10.9. The molecule has 2 aromatic rings. The Hall–Kier alpha value is -1.40. The van der Waals surface area contributed by atoms with Crippen LogP contribution in [0.5, 0.6) is 0 Å². The van der Waals surface area contributed by atoms with Crippen LogP contribution in [0.15, 0.2) is 33.2 Å². The van der Waals surface area contributed by atoms with Crippen LogP contribution in [-0.4, -0.2) is 4.92 Å². The van der Waals surface area contributed by atoms with Crippen LogP contribution in [0.2, 0.25) is 0 Å². The van der Waals surface area contributed by atoms with Crippen LogP contribution in [0.1, 0.15) is 56.4 Å².